The van der Waals surface area contributed by atoms with Crippen LogP contribution < -0.4 is 10.1 Å². The third kappa shape index (κ3) is 4.99. The van der Waals surface area contributed by atoms with Gasteiger partial charge in [0.2, 0.25) is 0 Å². The maximum absolute atomic E-state index is 13.3. The van der Waals surface area contributed by atoms with Gasteiger partial charge in [0, 0.05) is 10.6 Å². The number of aryl methyl sites for hydroxylation is 1. The summed E-state index contributed by atoms with van der Waals surface area (Å²) >= 11 is 0. The molecule has 2 rings (SSSR count). The van der Waals surface area contributed by atoms with Crippen LogP contribution in [0.1, 0.15) is 5.56 Å². The van der Waals surface area contributed by atoms with Crippen molar-refractivity contribution in [2.45, 2.75) is 24.0 Å². The first-order valence-electron chi connectivity index (χ1n) is 7.22. The summed E-state index contributed by atoms with van der Waals surface area (Å²) in [6, 6.07) is 10.8. The molecule has 1 N–H and O–H groups in total. The highest BCUT2D eigenvalue weighted by Crippen LogP contribution is 2.26. The Labute approximate surface area is 141 Å². The van der Waals surface area contributed by atoms with Crippen LogP contribution in [-0.4, -0.2) is 29.3 Å². The van der Waals surface area contributed by atoms with Gasteiger partial charge in [-0.15, -0.1) is 0 Å². The predicted molar refractivity (Wildman–Crippen MR) is 88.9 cm³/mol. The van der Waals surface area contributed by atoms with Gasteiger partial charge < -0.3 is 10.1 Å². The van der Waals surface area contributed by atoms with Gasteiger partial charge in [0.15, 0.2) is 0 Å². The van der Waals surface area contributed by atoms with Gasteiger partial charge in [-0.2, -0.15) is 13.2 Å². The highest BCUT2D eigenvalue weighted by atomic mass is 32.2. The Morgan fingerprint density at radius 2 is 1.67 bits per heavy atom. The monoisotopic (exact) mass is 357 g/mol. The zero-order chi connectivity index (χ0) is 17.7. The van der Waals surface area contributed by atoms with Crippen molar-refractivity contribution >= 4 is 16.5 Å². The Hall–Kier alpha value is -2.02. The first-order chi connectivity index (χ1) is 11.3. The summed E-state index contributed by atoms with van der Waals surface area (Å²) in [5, 5.41) is 2.41. The van der Waals surface area contributed by atoms with Crippen molar-refractivity contribution in [1.29, 1.82) is 0 Å². The van der Waals surface area contributed by atoms with Gasteiger partial charge in [-0.25, -0.2) is 0 Å². The smallest absolute Gasteiger partial charge is 0.409 e. The predicted octanol–water partition coefficient (Wildman–Crippen LogP) is 4.15. The molecule has 0 bridgehead atoms. The van der Waals surface area contributed by atoms with Gasteiger partial charge in [-0.3, -0.25) is 4.21 Å². The fourth-order valence-electron chi connectivity index (χ4n) is 2.04. The molecular weight excluding hydrogens is 339 g/mol. The van der Waals surface area contributed by atoms with Crippen LogP contribution in [0.25, 0.3) is 0 Å². The molecule has 0 amide bonds. The van der Waals surface area contributed by atoms with E-state index < -0.39 is 28.8 Å². The number of hydrogen-bond donors (Lipinski definition) is 1. The number of anilines is 1. The van der Waals surface area contributed by atoms with Crippen molar-refractivity contribution in [2.75, 3.05) is 18.2 Å². The quantitative estimate of drug-likeness (QED) is 0.844. The van der Waals surface area contributed by atoms with Crippen LogP contribution in [0.4, 0.5) is 18.9 Å². The molecule has 2 aromatic carbocycles. The third-order valence-corrected chi connectivity index (χ3v) is 4.86. The lowest BCUT2D eigenvalue weighted by atomic mass is 10.2. The Balaban J connectivity index is 2.13. The van der Waals surface area contributed by atoms with E-state index >= 15 is 0 Å². The molecule has 3 nitrogen and oxygen atoms in total. The summed E-state index contributed by atoms with van der Waals surface area (Å²) in [4.78, 5) is 0.381. The van der Waals surface area contributed by atoms with Crippen LogP contribution in [0.5, 0.6) is 5.75 Å². The number of alkyl halides is 3. The largest absolute Gasteiger partial charge is 0.497 e. The van der Waals surface area contributed by atoms with E-state index in [1.54, 1.807) is 36.4 Å². The van der Waals surface area contributed by atoms with Gasteiger partial charge in [0.1, 0.15) is 11.8 Å². The molecular formula is C17H18F3NO2S. The van der Waals surface area contributed by atoms with E-state index in [-0.39, 0.29) is 0 Å². The van der Waals surface area contributed by atoms with E-state index in [0.717, 1.165) is 5.56 Å². The Morgan fingerprint density at radius 3 is 2.17 bits per heavy atom. The standard InChI is InChI=1S/C17H18F3NO2S/c1-12-3-9-15(10-4-12)24(22)11-16(17(18,19)20)21-13-5-7-14(23-2)8-6-13/h3-10,16,21H,11H2,1-2H3/t16-,24?/m1/s1. The highest BCUT2D eigenvalue weighted by molar-refractivity contribution is 7.85. The molecule has 1 unspecified atom stereocenters. The first kappa shape index (κ1) is 18.3. The summed E-state index contributed by atoms with van der Waals surface area (Å²) in [5.41, 5.74) is 1.25. The molecule has 24 heavy (non-hydrogen) atoms. The molecule has 0 aliphatic rings. The van der Waals surface area contributed by atoms with Crippen molar-refractivity contribution < 1.29 is 22.1 Å². The summed E-state index contributed by atoms with van der Waals surface area (Å²) in [6.45, 7) is 1.86. The molecule has 0 heterocycles. The normalized spacial score (nSPS) is 14.0. The van der Waals surface area contributed by atoms with Crippen LogP contribution in [0.3, 0.4) is 0 Å². The number of nitrogens with one attached hydrogen (secondary N) is 1. The van der Waals surface area contributed by atoms with Gasteiger partial charge in [-0.05, 0) is 43.3 Å². The SMILES string of the molecule is COc1ccc(N[C@H](CS(=O)c2ccc(C)cc2)C(F)(F)F)cc1. The van der Waals surface area contributed by atoms with Crippen LogP contribution in [0.15, 0.2) is 53.4 Å². The molecule has 130 valence electrons. The molecule has 0 spiro atoms. The zero-order valence-corrected chi connectivity index (χ0v) is 14.1. The fraction of sp³-hybridized carbons (Fsp3) is 0.294. The van der Waals surface area contributed by atoms with Crippen LogP contribution in [0, 0.1) is 6.92 Å². The van der Waals surface area contributed by atoms with Crippen molar-refractivity contribution in [1.82, 2.24) is 0 Å². The van der Waals surface area contributed by atoms with E-state index in [2.05, 4.69) is 5.32 Å². The van der Waals surface area contributed by atoms with Crippen molar-refractivity contribution in [3.05, 3.63) is 54.1 Å². The molecule has 0 fully saturated rings. The Morgan fingerprint density at radius 1 is 1.08 bits per heavy atom. The molecule has 0 aliphatic heterocycles. The number of halogens is 3. The second-order valence-electron chi connectivity index (χ2n) is 5.29. The summed E-state index contributed by atoms with van der Waals surface area (Å²) < 4.78 is 57.0. The zero-order valence-electron chi connectivity index (χ0n) is 13.3. The van der Waals surface area contributed by atoms with Gasteiger partial charge in [0.05, 0.1) is 23.7 Å². The van der Waals surface area contributed by atoms with E-state index in [1.807, 2.05) is 6.92 Å². The molecule has 2 atom stereocenters. The summed E-state index contributed by atoms with van der Waals surface area (Å²) in [5.74, 6) is -0.00849. The number of benzene rings is 2. The minimum absolute atomic E-state index is 0.291. The van der Waals surface area contributed by atoms with E-state index in [9.17, 15) is 17.4 Å². The highest BCUT2D eigenvalue weighted by Gasteiger charge is 2.40. The van der Waals surface area contributed by atoms with Gasteiger partial charge in [-0.1, -0.05) is 17.7 Å². The molecule has 0 aromatic heterocycles. The van der Waals surface area contributed by atoms with Crippen molar-refractivity contribution in [3.63, 3.8) is 0 Å². The topological polar surface area (TPSA) is 38.3 Å². The van der Waals surface area contributed by atoms with Crippen molar-refractivity contribution in [2.24, 2.45) is 0 Å². The van der Waals surface area contributed by atoms with Crippen molar-refractivity contribution in [3.8, 4) is 5.75 Å². The van der Waals surface area contributed by atoms with Crippen LogP contribution in [0.2, 0.25) is 0 Å². The number of ether oxygens (including phenoxy) is 1. The van der Waals surface area contributed by atoms with E-state index in [0.29, 0.717) is 16.3 Å². The Kier molecular flexibility index (Phi) is 5.88. The lowest BCUT2D eigenvalue weighted by Crippen LogP contribution is -2.40. The lowest BCUT2D eigenvalue weighted by molar-refractivity contribution is -0.137. The minimum Gasteiger partial charge on any atom is -0.497 e. The molecule has 7 heteroatoms. The molecule has 0 saturated heterocycles. The van der Waals surface area contributed by atoms with Gasteiger partial charge >= 0.3 is 6.18 Å². The maximum Gasteiger partial charge on any atom is 0.409 e. The van der Waals surface area contributed by atoms with Gasteiger partial charge in [0.25, 0.3) is 0 Å². The summed E-state index contributed by atoms with van der Waals surface area (Å²) in [6.07, 6.45) is -4.51. The van der Waals surface area contributed by atoms with E-state index in [1.165, 1.54) is 19.2 Å². The second-order valence-corrected chi connectivity index (χ2v) is 6.79. The average molecular weight is 357 g/mol. The third-order valence-electron chi connectivity index (χ3n) is 3.43. The van der Waals surface area contributed by atoms with Crippen LogP contribution >= 0.6 is 0 Å². The molecule has 0 saturated carbocycles. The second kappa shape index (κ2) is 7.70. The number of hydrogen-bond acceptors (Lipinski definition) is 3. The Bertz CT molecular complexity index is 684. The first-order valence-corrected chi connectivity index (χ1v) is 8.54. The summed E-state index contributed by atoms with van der Waals surface area (Å²) in [7, 11) is -0.277. The average Bonchev–Trinajstić information content (AvgIpc) is 2.54. The maximum atomic E-state index is 13.3. The minimum atomic E-state index is -4.51. The lowest BCUT2D eigenvalue weighted by Gasteiger charge is -2.22. The van der Waals surface area contributed by atoms with Crippen LogP contribution in [-0.2, 0) is 10.8 Å². The molecule has 0 aliphatic carbocycles. The number of methoxy groups -OCH3 is 1. The van der Waals surface area contributed by atoms with E-state index in [4.69, 9.17) is 4.74 Å². The molecule has 0 radical (unpaired) electrons. The fourth-order valence-corrected chi connectivity index (χ4v) is 3.25. The number of rotatable bonds is 6. The molecule has 2 aromatic rings.